The summed E-state index contributed by atoms with van der Waals surface area (Å²) in [6.45, 7) is 0.00282. The Kier molecular flexibility index (Phi) is 3.60. The van der Waals surface area contributed by atoms with Crippen LogP contribution < -0.4 is 0 Å². The summed E-state index contributed by atoms with van der Waals surface area (Å²) in [5.74, 6) is 0. The minimum atomic E-state index is 0.00282. The molecule has 0 saturated heterocycles. The van der Waals surface area contributed by atoms with Gasteiger partial charge < -0.3 is 5.11 Å². The Morgan fingerprint density at radius 3 is 2.75 bits per heavy atom. The Morgan fingerprint density at radius 1 is 1.33 bits per heavy atom. The lowest BCUT2D eigenvalue weighted by Gasteiger charge is -1.97. The van der Waals surface area contributed by atoms with Crippen LogP contribution in [0.25, 0.3) is 6.08 Å². The van der Waals surface area contributed by atoms with Crippen LogP contribution in [-0.4, -0.2) is 11.7 Å². The first-order valence-corrected chi connectivity index (χ1v) is 4.22. The molecule has 1 N–H and O–H groups in total. The van der Waals surface area contributed by atoms with Gasteiger partial charge in [-0.25, -0.2) is 0 Å². The van der Waals surface area contributed by atoms with E-state index < -0.39 is 0 Å². The molecule has 1 aromatic rings. The van der Waals surface area contributed by atoms with Gasteiger partial charge in [-0.15, -0.1) is 0 Å². The number of hydrogen-bond acceptors (Lipinski definition) is 1. The summed E-state index contributed by atoms with van der Waals surface area (Å²) in [5.41, 5.74) is 0.818. The van der Waals surface area contributed by atoms with Crippen molar-refractivity contribution < 1.29 is 5.11 Å². The third-order valence-electron chi connectivity index (χ3n) is 1.36. The minimum absolute atomic E-state index is 0.00282. The van der Waals surface area contributed by atoms with Crippen LogP contribution in [-0.2, 0) is 0 Å². The molecule has 0 heterocycles. The molecule has 0 aliphatic heterocycles. The fourth-order valence-corrected chi connectivity index (χ4v) is 1.18. The quantitative estimate of drug-likeness (QED) is 0.783. The number of rotatable bonds is 2. The van der Waals surface area contributed by atoms with Gasteiger partial charge in [0.2, 0.25) is 0 Å². The van der Waals surface area contributed by atoms with Crippen molar-refractivity contribution in [2.45, 2.75) is 0 Å². The largest absolute Gasteiger partial charge is 0.392 e. The van der Waals surface area contributed by atoms with Crippen molar-refractivity contribution in [2.75, 3.05) is 6.61 Å². The maximum Gasteiger partial charge on any atom is 0.0615 e. The number of aliphatic hydroxyl groups is 1. The smallest absolute Gasteiger partial charge is 0.0615 e. The van der Waals surface area contributed by atoms with Crippen LogP contribution >= 0.6 is 23.2 Å². The van der Waals surface area contributed by atoms with Gasteiger partial charge in [0.1, 0.15) is 0 Å². The first kappa shape index (κ1) is 9.59. The predicted molar refractivity (Wildman–Crippen MR) is 52.6 cm³/mol. The van der Waals surface area contributed by atoms with Gasteiger partial charge in [0, 0.05) is 10.0 Å². The highest BCUT2D eigenvalue weighted by Gasteiger charge is 1.96. The fraction of sp³-hybridized carbons (Fsp3) is 0.111. The van der Waals surface area contributed by atoms with Crippen LogP contribution in [0.4, 0.5) is 0 Å². The Labute approximate surface area is 81.2 Å². The van der Waals surface area contributed by atoms with E-state index in [1.807, 2.05) is 0 Å². The van der Waals surface area contributed by atoms with Crippen molar-refractivity contribution in [1.82, 2.24) is 0 Å². The molecular formula is C9H8Cl2O. The molecule has 0 atom stereocenters. The van der Waals surface area contributed by atoms with Gasteiger partial charge in [-0.1, -0.05) is 35.4 Å². The second kappa shape index (κ2) is 4.51. The van der Waals surface area contributed by atoms with Crippen molar-refractivity contribution >= 4 is 29.3 Å². The molecule has 1 aromatic carbocycles. The summed E-state index contributed by atoms with van der Waals surface area (Å²) in [6.07, 6.45) is 3.34. The van der Waals surface area contributed by atoms with Gasteiger partial charge in [0.15, 0.2) is 0 Å². The zero-order chi connectivity index (χ0) is 8.97. The molecule has 64 valence electrons. The average Bonchev–Trinajstić information content (AvgIpc) is 2.07. The van der Waals surface area contributed by atoms with Gasteiger partial charge in [-0.05, 0) is 23.8 Å². The molecule has 0 radical (unpaired) electrons. The van der Waals surface area contributed by atoms with Gasteiger partial charge >= 0.3 is 0 Å². The molecule has 0 bridgehead atoms. The lowest BCUT2D eigenvalue weighted by molar-refractivity contribution is 0.343. The highest BCUT2D eigenvalue weighted by molar-refractivity contribution is 6.34. The minimum Gasteiger partial charge on any atom is -0.392 e. The first-order valence-electron chi connectivity index (χ1n) is 3.46. The number of benzene rings is 1. The summed E-state index contributed by atoms with van der Waals surface area (Å²) < 4.78 is 0. The topological polar surface area (TPSA) is 20.2 Å². The van der Waals surface area contributed by atoms with E-state index in [0.717, 1.165) is 5.56 Å². The summed E-state index contributed by atoms with van der Waals surface area (Å²) in [6, 6.07) is 5.19. The molecular weight excluding hydrogens is 195 g/mol. The normalized spacial score (nSPS) is 10.9. The molecule has 1 nitrogen and oxygen atoms in total. The molecule has 0 aliphatic rings. The molecule has 3 heteroatoms. The van der Waals surface area contributed by atoms with E-state index in [4.69, 9.17) is 28.3 Å². The van der Waals surface area contributed by atoms with Gasteiger partial charge in [0.25, 0.3) is 0 Å². The lowest BCUT2D eigenvalue weighted by Crippen LogP contribution is -1.76. The standard InChI is InChI=1S/C9H8Cl2O/c10-8-3-4-9(11)7(6-8)2-1-5-12/h1-4,6,12H,5H2/b2-1+. The fourth-order valence-electron chi connectivity index (χ4n) is 0.822. The zero-order valence-electron chi connectivity index (χ0n) is 6.30. The number of aliphatic hydroxyl groups excluding tert-OH is 1. The highest BCUT2D eigenvalue weighted by Crippen LogP contribution is 2.21. The zero-order valence-corrected chi connectivity index (χ0v) is 7.81. The maximum absolute atomic E-state index is 8.52. The molecule has 0 aliphatic carbocycles. The number of hydrogen-bond donors (Lipinski definition) is 1. The molecule has 0 fully saturated rings. The first-order chi connectivity index (χ1) is 5.74. The molecule has 0 amide bonds. The van der Waals surface area contributed by atoms with Crippen molar-refractivity contribution in [2.24, 2.45) is 0 Å². The highest BCUT2D eigenvalue weighted by atomic mass is 35.5. The monoisotopic (exact) mass is 202 g/mol. The van der Waals surface area contributed by atoms with Crippen LogP contribution in [0.3, 0.4) is 0 Å². The van der Waals surface area contributed by atoms with Crippen molar-refractivity contribution in [3.8, 4) is 0 Å². The average molecular weight is 203 g/mol. The second-order valence-electron chi connectivity index (χ2n) is 2.25. The van der Waals surface area contributed by atoms with Crippen molar-refractivity contribution in [3.63, 3.8) is 0 Å². The lowest BCUT2D eigenvalue weighted by atomic mass is 10.2. The van der Waals surface area contributed by atoms with E-state index in [-0.39, 0.29) is 6.61 Å². The number of halogens is 2. The van der Waals surface area contributed by atoms with E-state index in [1.54, 1.807) is 30.4 Å². The summed E-state index contributed by atoms with van der Waals surface area (Å²) in [4.78, 5) is 0. The van der Waals surface area contributed by atoms with Crippen molar-refractivity contribution in [3.05, 3.63) is 39.9 Å². The predicted octanol–water partition coefficient (Wildman–Crippen LogP) is 3.00. The Bertz CT molecular complexity index is 295. The van der Waals surface area contributed by atoms with Gasteiger partial charge in [-0.2, -0.15) is 0 Å². The van der Waals surface area contributed by atoms with E-state index in [1.165, 1.54) is 0 Å². The third kappa shape index (κ3) is 2.52. The SMILES string of the molecule is OC/C=C/c1cc(Cl)ccc1Cl. The van der Waals surface area contributed by atoms with E-state index in [9.17, 15) is 0 Å². The van der Waals surface area contributed by atoms with E-state index in [2.05, 4.69) is 0 Å². The molecule has 0 saturated carbocycles. The second-order valence-corrected chi connectivity index (χ2v) is 3.09. The molecule has 1 rings (SSSR count). The van der Waals surface area contributed by atoms with E-state index in [0.29, 0.717) is 10.0 Å². The van der Waals surface area contributed by atoms with Crippen LogP contribution in [0.15, 0.2) is 24.3 Å². The Balaban J connectivity index is 2.97. The molecule has 0 unspecified atom stereocenters. The summed E-state index contributed by atoms with van der Waals surface area (Å²) in [7, 11) is 0. The van der Waals surface area contributed by atoms with Gasteiger partial charge in [-0.3, -0.25) is 0 Å². The van der Waals surface area contributed by atoms with Crippen LogP contribution in [0, 0.1) is 0 Å². The third-order valence-corrected chi connectivity index (χ3v) is 1.94. The van der Waals surface area contributed by atoms with Crippen LogP contribution in [0.5, 0.6) is 0 Å². The van der Waals surface area contributed by atoms with E-state index >= 15 is 0 Å². The summed E-state index contributed by atoms with van der Waals surface area (Å²) >= 11 is 11.6. The van der Waals surface area contributed by atoms with Gasteiger partial charge in [0.05, 0.1) is 6.61 Å². The summed E-state index contributed by atoms with van der Waals surface area (Å²) in [5, 5.41) is 9.79. The Hall–Kier alpha value is -0.500. The molecule has 0 spiro atoms. The maximum atomic E-state index is 8.52. The van der Waals surface area contributed by atoms with Crippen molar-refractivity contribution in [1.29, 1.82) is 0 Å². The van der Waals surface area contributed by atoms with Crippen LogP contribution in [0.2, 0.25) is 10.0 Å². The van der Waals surface area contributed by atoms with Crippen LogP contribution in [0.1, 0.15) is 5.56 Å². The molecule has 12 heavy (non-hydrogen) atoms. The molecule has 0 aromatic heterocycles. The Morgan fingerprint density at radius 2 is 2.08 bits per heavy atom.